The maximum atomic E-state index is 11.6. The van der Waals surface area contributed by atoms with Crippen molar-refractivity contribution in [1.29, 1.82) is 0 Å². The Balaban J connectivity index is 2.15. The molecule has 0 aliphatic carbocycles. The fourth-order valence-electron chi connectivity index (χ4n) is 1.04. The normalized spacial score (nSPS) is 22.4. The van der Waals surface area contributed by atoms with E-state index >= 15 is 0 Å². The van der Waals surface area contributed by atoms with E-state index in [0.29, 0.717) is 13.0 Å². The molecule has 4 nitrogen and oxygen atoms in total. The first-order chi connectivity index (χ1) is 6.49. The summed E-state index contributed by atoms with van der Waals surface area (Å²) in [6.45, 7) is -1.04. The Morgan fingerprint density at radius 2 is 2.29 bits per heavy atom. The highest BCUT2D eigenvalue weighted by Crippen LogP contribution is 2.14. The van der Waals surface area contributed by atoms with Crippen molar-refractivity contribution in [3.05, 3.63) is 0 Å². The fraction of sp³-hybridized carbons (Fsp3) is 0.857. The quantitative estimate of drug-likeness (QED) is 0.704. The van der Waals surface area contributed by atoms with Crippen LogP contribution in [0.15, 0.2) is 0 Å². The van der Waals surface area contributed by atoms with E-state index in [2.05, 4.69) is 4.84 Å². The predicted octanol–water partition coefficient (Wildman–Crippen LogP) is 0.775. The number of halogens is 3. The van der Waals surface area contributed by atoms with Crippen molar-refractivity contribution < 1.29 is 27.5 Å². The Kier molecular flexibility index (Phi) is 3.70. The monoisotopic (exact) mass is 213 g/mol. The van der Waals surface area contributed by atoms with Gasteiger partial charge >= 0.3 is 6.18 Å². The first kappa shape index (κ1) is 11.3. The smallest absolute Gasteiger partial charge is 0.368 e. The molecular weight excluding hydrogens is 203 g/mol. The molecule has 1 aliphatic rings. The SMILES string of the molecule is O=C(NOCC(F)(F)F)C1CCCO1. The summed E-state index contributed by atoms with van der Waals surface area (Å²) >= 11 is 0. The highest BCUT2D eigenvalue weighted by atomic mass is 19.4. The highest BCUT2D eigenvalue weighted by molar-refractivity contribution is 5.79. The summed E-state index contributed by atoms with van der Waals surface area (Å²) in [6, 6.07) is 0. The van der Waals surface area contributed by atoms with Crippen LogP contribution in [0, 0.1) is 0 Å². The Bertz CT molecular complexity index is 201. The number of hydrogen-bond acceptors (Lipinski definition) is 3. The highest BCUT2D eigenvalue weighted by Gasteiger charge is 2.29. The lowest BCUT2D eigenvalue weighted by Gasteiger charge is -2.11. The number of amides is 1. The minimum Gasteiger partial charge on any atom is -0.368 e. The molecule has 1 unspecified atom stereocenters. The average Bonchev–Trinajstić information content (AvgIpc) is 2.53. The van der Waals surface area contributed by atoms with Gasteiger partial charge in [0.1, 0.15) is 6.10 Å². The molecule has 1 amide bonds. The van der Waals surface area contributed by atoms with Crippen molar-refractivity contribution in [2.45, 2.75) is 25.1 Å². The van der Waals surface area contributed by atoms with E-state index in [9.17, 15) is 18.0 Å². The second kappa shape index (κ2) is 4.61. The molecule has 0 bridgehead atoms. The largest absolute Gasteiger partial charge is 0.414 e. The number of hydrogen-bond donors (Lipinski definition) is 1. The number of rotatable bonds is 3. The summed E-state index contributed by atoms with van der Waals surface area (Å²) in [4.78, 5) is 15.0. The Labute approximate surface area is 78.3 Å². The molecule has 0 aromatic rings. The van der Waals surface area contributed by atoms with Crippen LogP contribution in [0.2, 0.25) is 0 Å². The van der Waals surface area contributed by atoms with Gasteiger partial charge in [-0.3, -0.25) is 9.63 Å². The van der Waals surface area contributed by atoms with Gasteiger partial charge in [-0.15, -0.1) is 0 Å². The summed E-state index contributed by atoms with van der Waals surface area (Å²) in [6.07, 6.45) is -3.87. The van der Waals surface area contributed by atoms with Crippen LogP contribution in [-0.2, 0) is 14.4 Å². The van der Waals surface area contributed by atoms with Crippen LogP contribution in [0.3, 0.4) is 0 Å². The molecule has 0 saturated carbocycles. The van der Waals surface area contributed by atoms with Gasteiger partial charge in [0.05, 0.1) is 0 Å². The number of nitrogens with one attached hydrogen (secondary N) is 1. The maximum Gasteiger partial charge on any atom is 0.414 e. The third-order valence-corrected chi connectivity index (χ3v) is 1.63. The summed E-state index contributed by atoms with van der Waals surface area (Å²) in [5.41, 5.74) is 1.70. The van der Waals surface area contributed by atoms with Gasteiger partial charge in [0, 0.05) is 6.61 Å². The summed E-state index contributed by atoms with van der Waals surface area (Å²) in [5, 5.41) is 0. The van der Waals surface area contributed by atoms with Crippen LogP contribution in [-0.4, -0.2) is 31.4 Å². The van der Waals surface area contributed by atoms with Gasteiger partial charge in [0.2, 0.25) is 0 Å². The Hall–Kier alpha value is -0.820. The van der Waals surface area contributed by atoms with Crippen LogP contribution < -0.4 is 5.48 Å². The molecule has 1 aliphatic heterocycles. The average molecular weight is 213 g/mol. The van der Waals surface area contributed by atoms with Gasteiger partial charge in [0.25, 0.3) is 5.91 Å². The van der Waals surface area contributed by atoms with Gasteiger partial charge in [-0.2, -0.15) is 13.2 Å². The number of hydroxylamine groups is 1. The van der Waals surface area contributed by atoms with Gasteiger partial charge < -0.3 is 4.74 Å². The molecule has 82 valence electrons. The molecule has 0 aromatic heterocycles. The van der Waals surface area contributed by atoms with Crippen molar-refractivity contribution in [2.75, 3.05) is 13.2 Å². The molecule has 1 fully saturated rings. The second-order valence-corrected chi connectivity index (χ2v) is 2.87. The lowest BCUT2D eigenvalue weighted by atomic mass is 10.2. The number of carbonyl (C=O) groups is 1. The molecule has 1 rings (SSSR count). The Morgan fingerprint density at radius 1 is 1.57 bits per heavy atom. The maximum absolute atomic E-state index is 11.6. The lowest BCUT2D eigenvalue weighted by Crippen LogP contribution is -2.36. The van der Waals surface area contributed by atoms with Crippen molar-refractivity contribution in [2.24, 2.45) is 0 Å². The molecule has 1 N–H and O–H groups in total. The van der Waals surface area contributed by atoms with E-state index in [1.807, 2.05) is 0 Å². The minimum absolute atomic E-state index is 0.456. The summed E-state index contributed by atoms with van der Waals surface area (Å²) in [5.74, 6) is -0.660. The van der Waals surface area contributed by atoms with Crippen molar-refractivity contribution >= 4 is 5.91 Å². The van der Waals surface area contributed by atoms with E-state index in [1.54, 1.807) is 5.48 Å². The molecular formula is C7H10F3NO3. The van der Waals surface area contributed by atoms with Gasteiger partial charge in [-0.25, -0.2) is 5.48 Å². The van der Waals surface area contributed by atoms with E-state index in [0.717, 1.165) is 6.42 Å². The predicted molar refractivity (Wildman–Crippen MR) is 39.1 cm³/mol. The van der Waals surface area contributed by atoms with Crippen molar-refractivity contribution in [1.82, 2.24) is 5.48 Å². The van der Waals surface area contributed by atoms with Gasteiger partial charge in [-0.1, -0.05) is 0 Å². The molecule has 14 heavy (non-hydrogen) atoms. The summed E-state index contributed by atoms with van der Waals surface area (Å²) < 4.78 is 39.7. The first-order valence-corrected chi connectivity index (χ1v) is 4.09. The lowest BCUT2D eigenvalue weighted by molar-refractivity contribution is -0.194. The molecule has 0 spiro atoms. The zero-order chi connectivity index (χ0) is 10.6. The minimum atomic E-state index is -4.44. The number of ether oxygens (including phenoxy) is 1. The van der Waals surface area contributed by atoms with Crippen LogP contribution in [0.1, 0.15) is 12.8 Å². The zero-order valence-electron chi connectivity index (χ0n) is 7.26. The third-order valence-electron chi connectivity index (χ3n) is 1.63. The first-order valence-electron chi connectivity index (χ1n) is 4.09. The van der Waals surface area contributed by atoms with Crippen LogP contribution >= 0.6 is 0 Å². The topological polar surface area (TPSA) is 47.6 Å². The number of alkyl halides is 3. The molecule has 7 heteroatoms. The third kappa shape index (κ3) is 3.93. The zero-order valence-corrected chi connectivity index (χ0v) is 7.26. The van der Waals surface area contributed by atoms with Crippen molar-refractivity contribution in [3.8, 4) is 0 Å². The summed E-state index contributed by atoms with van der Waals surface area (Å²) in [7, 11) is 0. The molecule has 0 aromatic carbocycles. The Morgan fingerprint density at radius 3 is 2.79 bits per heavy atom. The van der Waals surface area contributed by atoms with E-state index in [-0.39, 0.29) is 0 Å². The van der Waals surface area contributed by atoms with E-state index in [1.165, 1.54) is 0 Å². The number of carbonyl (C=O) groups excluding carboxylic acids is 1. The molecule has 1 atom stereocenters. The van der Waals surface area contributed by atoms with Crippen LogP contribution in [0.4, 0.5) is 13.2 Å². The van der Waals surface area contributed by atoms with E-state index in [4.69, 9.17) is 4.74 Å². The molecule has 1 saturated heterocycles. The standard InChI is InChI=1S/C7H10F3NO3/c8-7(9,10)4-14-11-6(12)5-2-1-3-13-5/h5H,1-4H2,(H,11,12). The van der Waals surface area contributed by atoms with Gasteiger partial charge in [0.15, 0.2) is 6.61 Å². The van der Waals surface area contributed by atoms with Crippen LogP contribution in [0.25, 0.3) is 0 Å². The van der Waals surface area contributed by atoms with Gasteiger partial charge in [-0.05, 0) is 12.8 Å². The van der Waals surface area contributed by atoms with Crippen LogP contribution in [0.5, 0.6) is 0 Å². The second-order valence-electron chi connectivity index (χ2n) is 2.87. The molecule has 0 radical (unpaired) electrons. The van der Waals surface area contributed by atoms with Crippen molar-refractivity contribution in [3.63, 3.8) is 0 Å². The molecule has 1 heterocycles. The fourth-order valence-corrected chi connectivity index (χ4v) is 1.04. The van der Waals surface area contributed by atoms with E-state index < -0.39 is 24.8 Å².